The van der Waals surface area contributed by atoms with Gasteiger partial charge in [-0.05, 0) is 6.92 Å². The van der Waals surface area contributed by atoms with Gasteiger partial charge in [-0.25, -0.2) is 4.79 Å². The van der Waals surface area contributed by atoms with E-state index in [0.717, 1.165) is 7.11 Å². The number of carbonyl (C=O) groups is 1. The molecule has 0 atom stereocenters. The minimum absolute atomic E-state index is 0.102. The van der Waals surface area contributed by atoms with Gasteiger partial charge in [0.15, 0.2) is 11.3 Å². The van der Waals surface area contributed by atoms with Crippen LogP contribution >= 0.6 is 0 Å². The summed E-state index contributed by atoms with van der Waals surface area (Å²) >= 11 is 0. The molecule has 0 saturated heterocycles. The number of halogens is 3. The third kappa shape index (κ3) is 2.80. The maximum atomic E-state index is 12.3. The molecule has 2 heterocycles. The van der Waals surface area contributed by atoms with E-state index in [-0.39, 0.29) is 29.6 Å². The predicted octanol–water partition coefficient (Wildman–Crippen LogP) is 0.333. The highest BCUT2D eigenvalue weighted by molar-refractivity contribution is 5.84. The molecule has 0 aromatic carbocycles. The number of rotatable bonds is 4. The van der Waals surface area contributed by atoms with Crippen LogP contribution in [-0.2, 0) is 4.79 Å². The quantitative estimate of drug-likeness (QED) is 0.857. The van der Waals surface area contributed by atoms with Gasteiger partial charge in [0.2, 0.25) is 5.65 Å². The first-order valence-electron chi connectivity index (χ1n) is 5.80. The Morgan fingerprint density at radius 1 is 1.32 bits per heavy atom. The summed E-state index contributed by atoms with van der Waals surface area (Å²) in [4.78, 5) is 26.5. The highest BCUT2D eigenvalue weighted by Crippen LogP contribution is 2.25. The number of aromatic nitrogens is 4. The van der Waals surface area contributed by atoms with Crippen LogP contribution in [0.15, 0.2) is 0 Å². The Bertz CT molecular complexity index is 715. The number of alkyl halides is 3. The lowest BCUT2D eigenvalue weighted by Gasteiger charge is -2.09. The first-order valence-corrected chi connectivity index (χ1v) is 5.80. The first kappa shape index (κ1) is 15.6. The minimum atomic E-state index is -5.21. The Hall–Kier alpha value is -2.79. The Morgan fingerprint density at radius 3 is 2.55 bits per heavy atom. The van der Waals surface area contributed by atoms with Gasteiger partial charge in [-0.3, -0.25) is 0 Å². The number of nitrogens with zero attached hydrogens (tertiary/aromatic N) is 4. The second kappa shape index (κ2) is 5.54. The number of fused-ring (bicyclic) bond motifs is 1. The SMILES string of the molecule is CCOc1nc(N)c2nc(OC)n(OC(=O)C(F)(F)F)c2n1. The number of anilines is 1. The number of imidazole rings is 1. The Kier molecular flexibility index (Phi) is 3.93. The van der Waals surface area contributed by atoms with E-state index < -0.39 is 18.2 Å². The molecule has 0 fully saturated rings. The zero-order chi connectivity index (χ0) is 16.5. The fourth-order valence-electron chi connectivity index (χ4n) is 1.46. The number of ether oxygens (including phenoxy) is 2. The Balaban J connectivity index is 2.57. The smallest absolute Gasteiger partial charge is 0.466 e. The molecule has 12 heteroatoms. The fourth-order valence-corrected chi connectivity index (χ4v) is 1.46. The van der Waals surface area contributed by atoms with Gasteiger partial charge in [-0.1, -0.05) is 4.73 Å². The lowest BCUT2D eigenvalue weighted by molar-refractivity contribution is -0.199. The molecular weight excluding hydrogens is 311 g/mol. The normalized spacial score (nSPS) is 11.5. The second-order valence-corrected chi connectivity index (χ2v) is 3.77. The lowest BCUT2D eigenvalue weighted by atomic mass is 10.5. The molecule has 0 radical (unpaired) electrons. The van der Waals surface area contributed by atoms with E-state index in [1.807, 2.05) is 0 Å². The van der Waals surface area contributed by atoms with E-state index in [1.54, 1.807) is 6.92 Å². The topological polar surface area (TPSA) is 114 Å². The van der Waals surface area contributed by atoms with Crippen molar-refractivity contribution in [2.24, 2.45) is 0 Å². The van der Waals surface area contributed by atoms with E-state index >= 15 is 0 Å². The van der Waals surface area contributed by atoms with Crippen LogP contribution in [0.25, 0.3) is 11.2 Å². The maximum Gasteiger partial charge on any atom is 0.493 e. The number of hydrogen-bond acceptors (Lipinski definition) is 8. The van der Waals surface area contributed by atoms with Crippen LogP contribution in [0.5, 0.6) is 12.0 Å². The number of nitrogens with two attached hydrogens (primary N) is 1. The van der Waals surface area contributed by atoms with Gasteiger partial charge in [-0.2, -0.15) is 28.1 Å². The van der Waals surface area contributed by atoms with Crippen molar-refractivity contribution in [3.63, 3.8) is 0 Å². The van der Waals surface area contributed by atoms with Crippen LogP contribution in [0.1, 0.15) is 6.92 Å². The fraction of sp³-hybridized carbons (Fsp3) is 0.400. The van der Waals surface area contributed by atoms with Gasteiger partial charge in [0.25, 0.3) is 0 Å². The standard InChI is InChI=1S/C10H10F3N5O4/c1-3-21-8-16-5(14)4-6(17-8)18(9(15-4)20-2)22-7(19)10(11,12)13/h3H2,1-2H3,(H2,14,16,17). The van der Waals surface area contributed by atoms with Gasteiger partial charge in [-0.15, -0.1) is 0 Å². The van der Waals surface area contributed by atoms with E-state index in [9.17, 15) is 18.0 Å². The molecule has 2 aromatic heterocycles. The van der Waals surface area contributed by atoms with Crippen LogP contribution < -0.4 is 20.0 Å². The van der Waals surface area contributed by atoms with Gasteiger partial charge >= 0.3 is 24.2 Å². The number of nitrogen functional groups attached to an aromatic ring is 1. The van der Waals surface area contributed by atoms with Crippen molar-refractivity contribution in [3.05, 3.63) is 0 Å². The van der Waals surface area contributed by atoms with E-state index in [2.05, 4.69) is 19.8 Å². The number of hydrogen-bond donors (Lipinski definition) is 1. The Labute approximate surface area is 120 Å². The van der Waals surface area contributed by atoms with Crippen molar-refractivity contribution in [2.75, 3.05) is 19.5 Å². The molecular formula is C10H10F3N5O4. The summed E-state index contributed by atoms with van der Waals surface area (Å²) in [6.45, 7) is 1.84. The molecule has 0 aliphatic carbocycles. The molecule has 2 rings (SSSR count). The summed E-state index contributed by atoms with van der Waals surface area (Å²) in [5.74, 6) is -2.64. The molecule has 2 N–H and O–H groups in total. The molecule has 2 aromatic rings. The van der Waals surface area contributed by atoms with Crippen molar-refractivity contribution >= 4 is 23.0 Å². The molecule has 0 amide bonds. The first-order chi connectivity index (χ1) is 10.3. The van der Waals surface area contributed by atoms with E-state index in [1.165, 1.54) is 0 Å². The molecule has 120 valence electrons. The van der Waals surface area contributed by atoms with Crippen LogP contribution in [0.4, 0.5) is 19.0 Å². The minimum Gasteiger partial charge on any atom is -0.466 e. The zero-order valence-electron chi connectivity index (χ0n) is 11.3. The van der Waals surface area contributed by atoms with Crippen LogP contribution in [-0.4, -0.2) is 45.5 Å². The molecule has 22 heavy (non-hydrogen) atoms. The maximum absolute atomic E-state index is 12.3. The summed E-state index contributed by atoms with van der Waals surface area (Å²) in [5.41, 5.74) is 5.21. The monoisotopic (exact) mass is 321 g/mol. The molecule has 0 aliphatic heterocycles. The summed E-state index contributed by atoms with van der Waals surface area (Å²) in [5, 5.41) is 0. The lowest BCUT2D eigenvalue weighted by Crippen LogP contribution is -2.33. The third-order valence-corrected chi connectivity index (χ3v) is 2.31. The Morgan fingerprint density at radius 2 is 2.00 bits per heavy atom. The third-order valence-electron chi connectivity index (χ3n) is 2.31. The van der Waals surface area contributed by atoms with Crippen molar-refractivity contribution < 1.29 is 32.3 Å². The average molecular weight is 321 g/mol. The van der Waals surface area contributed by atoms with Crippen LogP contribution in [0.3, 0.4) is 0 Å². The summed E-state index contributed by atoms with van der Waals surface area (Å²) in [7, 11) is 1.12. The van der Waals surface area contributed by atoms with E-state index in [4.69, 9.17) is 15.2 Å². The van der Waals surface area contributed by atoms with Crippen LogP contribution in [0.2, 0.25) is 0 Å². The molecule has 0 spiro atoms. The van der Waals surface area contributed by atoms with Gasteiger partial charge < -0.3 is 20.0 Å². The van der Waals surface area contributed by atoms with Crippen molar-refractivity contribution in [1.82, 2.24) is 19.7 Å². The second-order valence-electron chi connectivity index (χ2n) is 3.77. The number of carbonyl (C=O) groups excluding carboxylic acids is 1. The highest BCUT2D eigenvalue weighted by Gasteiger charge is 2.43. The van der Waals surface area contributed by atoms with Crippen molar-refractivity contribution in [3.8, 4) is 12.0 Å². The van der Waals surface area contributed by atoms with Gasteiger partial charge in [0.05, 0.1) is 13.7 Å². The zero-order valence-corrected chi connectivity index (χ0v) is 11.3. The van der Waals surface area contributed by atoms with Gasteiger partial charge in [0, 0.05) is 0 Å². The summed E-state index contributed by atoms with van der Waals surface area (Å²) in [6, 6.07) is -0.665. The molecule has 0 aliphatic rings. The molecule has 0 saturated carbocycles. The largest absolute Gasteiger partial charge is 0.493 e. The van der Waals surface area contributed by atoms with E-state index in [0.29, 0.717) is 4.73 Å². The summed E-state index contributed by atoms with van der Waals surface area (Å²) < 4.78 is 47.1. The molecule has 0 bridgehead atoms. The average Bonchev–Trinajstić information content (AvgIpc) is 2.77. The molecule has 9 nitrogen and oxygen atoms in total. The van der Waals surface area contributed by atoms with Crippen LogP contribution in [0, 0.1) is 0 Å². The predicted molar refractivity (Wildman–Crippen MR) is 65.1 cm³/mol. The van der Waals surface area contributed by atoms with Crippen molar-refractivity contribution in [1.29, 1.82) is 0 Å². The highest BCUT2D eigenvalue weighted by atomic mass is 19.4. The number of methoxy groups -OCH3 is 1. The molecule has 0 unspecified atom stereocenters. The summed E-state index contributed by atoms with van der Waals surface area (Å²) in [6.07, 6.45) is -5.21. The van der Waals surface area contributed by atoms with Crippen molar-refractivity contribution in [2.45, 2.75) is 13.1 Å². The van der Waals surface area contributed by atoms with Gasteiger partial charge in [0.1, 0.15) is 0 Å².